The van der Waals surface area contributed by atoms with E-state index in [0.717, 1.165) is 27.2 Å². The van der Waals surface area contributed by atoms with E-state index >= 15 is 0 Å². The first-order chi connectivity index (χ1) is 45.0. The molecule has 17 rings (SSSR count). The quantitative estimate of drug-likeness (QED) is 0.0683. The maximum atomic E-state index is 3.62. The van der Waals surface area contributed by atoms with Crippen LogP contribution in [0.3, 0.4) is 0 Å². The highest BCUT2D eigenvalue weighted by Gasteiger charge is 2.42. The van der Waals surface area contributed by atoms with Gasteiger partial charge in [0.15, 0.2) is 8.07 Å². The van der Waals surface area contributed by atoms with Crippen molar-refractivity contribution < 1.29 is 0 Å². The van der Waals surface area contributed by atoms with E-state index < -0.39 is 8.07 Å². The summed E-state index contributed by atoms with van der Waals surface area (Å²) in [5.41, 5.74) is 17.2. The minimum Gasteiger partial charge on any atom is -0.310 e. The number of benzene rings is 15. The molecule has 0 saturated carbocycles. The molecule has 15 aromatic carbocycles. The topological polar surface area (TPSA) is 6.48 Å². The summed E-state index contributed by atoms with van der Waals surface area (Å²) in [4.78, 5) is 4.83. The van der Waals surface area contributed by atoms with Gasteiger partial charge in [-0.05, 0) is 193 Å². The van der Waals surface area contributed by atoms with Crippen LogP contribution in [0.1, 0.15) is 49.9 Å². The van der Waals surface area contributed by atoms with Crippen LogP contribution in [0.4, 0.5) is 34.1 Å². The molecule has 92 heavy (non-hydrogen) atoms. The molecule has 0 N–H and O–H groups in total. The van der Waals surface area contributed by atoms with Gasteiger partial charge in [0, 0.05) is 49.4 Å². The third-order valence-electron chi connectivity index (χ3n) is 19.8. The molecule has 0 aliphatic heterocycles. The summed E-state index contributed by atoms with van der Waals surface area (Å²) in [6, 6.07) is 123. The summed E-state index contributed by atoms with van der Waals surface area (Å²) >= 11 is 3.62. The first-order valence-electron chi connectivity index (χ1n) is 32.0. The second-order valence-corrected chi connectivity index (χ2v) is 30.5. The summed E-state index contributed by atoms with van der Waals surface area (Å²) < 4.78 is 1.08. The fourth-order valence-electron chi connectivity index (χ4n) is 15.3. The van der Waals surface area contributed by atoms with E-state index in [9.17, 15) is 0 Å². The van der Waals surface area contributed by atoms with E-state index in [2.05, 4.69) is 387 Å². The lowest BCUT2D eigenvalue weighted by molar-refractivity contribution is 0.662. The number of rotatable bonds is 12. The zero-order valence-electron chi connectivity index (χ0n) is 52.0. The Bertz CT molecular complexity index is 5130. The van der Waals surface area contributed by atoms with E-state index in [1.54, 1.807) is 0 Å². The Morgan fingerprint density at radius 3 is 0.902 bits per heavy atom. The summed E-state index contributed by atoms with van der Waals surface area (Å²) in [6.07, 6.45) is 0. The first kappa shape index (κ1) is 56.8. The minimum absolute atomic E-state index is 0.0555. The van der Waals surface area contributed by atoms with Crippen LogP contribution >= 0.6 is 15.9 Å². The van der Waals surface area contributed by atoms with Gasteiger partial charge >= 0.3 is 0 Å². The summed E-state index contributed by atoms with van der Waals surface area (Å²) in [6.45, 7) is 9.49. The zero-order chi connectivity index (χ0) is 62.1. The van der Waals surface area contributed by atoms with Crippen LogP contribution in [-0.4, -0.2) is 8.07 Å². The van der Waals surface area contributed by atoms with Gasteiger partial charge in [0.05, 0.1) is 0 Å². The van der Waals surface area contributed by atoms with Gasteiger partial charge in [0.2, 0.25) is 0 Å². The van der Waals surface area contributed by atoms with Gasteiger partial charge < -0.3 is 9.80 Å². The predicted molar refractivity (Wildman–Crippen MR) is 399 cm³/mol. The fraction of sp³-hybridized carbons (Fsp3) is 0.0682. The van der Waals surface area contributed by atoms with Crippen LogP contribution in [0.2, 0.25) is 0 Å². The average molecular weight is 1260 g/mol. The van der Waals surface area contributed by atoms with Gasteiger partial charge in [-0.2, -0.15) is 0 Å². The minimum atomic E-state index is -2.67. The Labute approximate surface area is 549 Å². The van der Waals surface area contributed by atoms with Crippen molar-refractivity contribution in [1.29, 1.82) is 0 Å². The molecule has 0 unspecified atom stereocenters. The number of nitrogens with zero attached hydrogens (tertiary/aromatic N) is 2. The maximum absolute atomic E-state index is 3.62. The van der Waals surface area contributed by atoms with E-state index in [-0.39, 0.29) is 10.8 Å². The van der Waals surface area contributed by atoms with Gasteiger partial charge in [-0.25, -0.2) is 0 Å². The monoisotopic (exact) mass is 1260 g/mol. The third kappa shape index (κ3) is 9.50. The highest BCUT2D eigenvalue weighted by Crippen LogP contribution is 2.53. The molecule has 2 aliphatic carbocycles. The van der Waals surface area contributed by atoms with Crippen LogP contribution in [0.25, 0.3) is 65.3 Å². The molecule has 0 bridgehead atoms. The van der Waals surface area contributed by atoms with E-state index in [4.69, 9.17) is 0 Å². The van der Waals surface area contributed by atoms with E-state index in [1.807, 2.05) is 0 Å². The van der Waals surface area contributed by atoms with Crippen molar-refractivity contribution in [2.75, 3.05) is 9.80 Å². The smallest absolute Gasteiger partial charge is 0.179 e. The number of halogens is 1. The fourth-order valence-corrected chi connectivity index (χ4v) is 20.3. The molecular weight excluding hydrogens is 1190 g/mol. The lowest BCUT2D eigenvalue weighted by atomic mass is 9.81. The molecule has 0 heterocycles. The van der Waals surface area contributed by atoms with Gasteiger partial charge in [0.25, 0.3) is 0 Å². The molecule has 15 aromatic rings. The van der Waals surface area contributed by atoms with Crippen molar-refractivity contribution >= 4 is 122 Å². The Morgan fingerprint density at radius 2 is 0.533 bits per heavy atom. The second-order valence-electron chi connectivity index (χ2n) is 25.7. The van der Waals surface area contributed by atoms with Crippen molar-refractivity contribution in [2.45, 2.75) is 38.5 Å². The van der Waals surface area contributed by atoms with Gasteiger partial charge in [-0.15, -0.1) is 0 Å². The molecule has 0 spiro atoms. The van der Waals surface area contributed by atoms with Crippen LogP contribution in [0.5, 0.6) is 0 Å². The predicted octanol–water partition coefficient (Wildman–Crippen LogP) is 21.7. The van der Waals surface area contributed by atoms with E-state index in [1.165, 1.54) is 120 Å². The molecule has 0 aromatic heterocycles. The molecule has 0 amide bonds. The summed E-state index contributed by atoms with van der Waals surface area (Å²) in [5.74, 6) is 0. The van der Waals surface area contributed by atoms with Crippen molar-refractivity contribution in [1.82, 2.24) is 0 Å². The number of anilines is 6. The lowest BCUT2D eigenvalue weighted by Crippen LogP contribution is -2.74. The Kier molecular flexibility index (Phi) is 14.1. The second kappa shape index (κ2) is 22.8. The SMILES string of the molecule is CC1(C)c2cccc3ccc4cc(N(c5ccc(-c6ccccc6)cc5)c5ccc([Si](c6ccccc6)(c6ccccc6)c6ccccc6)cc5)cc1c4c23.CC1(C)c2cccc3ccc4cc(N(c5ccc(Br)cc5)c5ccc(-c6ccccc6)cc5)cc1c4c23. The summed E-state index contributed by atoms with van der Waals surface area (Å²) in [7, 11) is -2.67. The highest BCUT2D eigenvalue weighted by atomic mass is 79.9. The van der Waals surface area contributed by atoms with Crippen LogP contribution < -0.4 is 30.5 Å². The standard InChI is InChI=1S/C53H41NSi.C35H26BrN/c1-53(2)49-25-15-18-40-26-27-41-36-44(37-50(53)52(41)51(40)49)54(42-30-28-39(29-31-42)38-16-7-3-8-17-38)43-32-34-48(35-33-43)55(45-19-9-4-10-20-45,46-21-11-5-12-22-46)47-23-13-6-14-24-47;1-35(2)31-10-6-9-25-11-12-26-21-30(22-32(35)34(26)33(25)31)37(29-19-15-27(36)16-20-29)28-17-13-24(14-18-28)23-7-4-3-5-8-23/h3-37H,1-2H3;3-22H,1-2H3. The van der Waals surface area contributed by atoms with Crippen molar-refractivity contribution in [3.63, 3.8) is 0 Å². The van der Waals surface area contributed by atoms with Crippen LogP contribution in [-0.2, 0) is 10.8 Å². The van der Waals surface area contributed by atoms with Gasteiger partial charge in [-0.1, -0.05) is 292 Å². The van der Waals surface area contributed by atoms with Crippen molar-refractivity contribution in [2.24, 2.45) is 0 Å². The molecule has 0 atom stereocenters. The maximum Gasteiger partial charge on any atom is 0.179 e. The van der Waals surface area contributed by atoms with Crippen LogP contribution in [0.15, 0.2) is 338 Å². The first-order valence-corrected chi connectivity index (χ1v) is 34.8. The largest absolute Gasteiger partial charge is 0.310 e. The Morgan fingerprint density at radius 1 is 0.239 bits per heavy atom. The van der Waals surface area contributed by atoms with Gasteiger partial charge in [-0.3, -0.25) is 0 Å². The number of hydrogen-bond acceptors (Lipinski definition) is 2. The highest BCUT2D eigenvalue weighted by molar-refractivity contribution is 9.10. The molecule has 2 nitrogen and oxygen atoms in total. The van der Waals surface area contributed by atoms with Crippen LogP contribution in [0, 0.1) is 0 Å². The third-order valence-corrected chi connectivity index (χ3v) is 25.2. The molecule has 0 fully saturated rings. The van der Waals surface area contributed by atoms with Gasteiger partial charge in [0.1, 0.15) is 0 Å². The molecule has 0 radical (unpaired) electrons. The van der Waals surface area contributed by atoms with Crippen molar-refractivity contribution in [3.05, 3.63) is 360 Å². The lowest BCUT2D eigenvalue weighted by Gasteiger charge is -2.35. The average Bonchev–Trinajstić information content (AvgIpc) is 1.52. The molecule has 440 valence electrons. The normalized spacial score (nSPS) is 13.2. The Balaban J connectivity index is 0.000000158. The molecule has 2 aliphatic rings. The number of hydrogen-bond donors (Lipinski definition) is 0. The zero-order valence-corrected chi connectivity index (χ0v) is 54.6. The molecule has 0 saturated heterocycles. The summed E-state index contributed by atoms with van der Waals surface area (Å²) in [5, 5.41) is 16.3. The van der Waals surface area contributed by atoms with Crippen molar-refractivity contribution in [3.8, 4) is 22.3 Å². The Hall–Kier alpha value is -10.4. The molecular formula is C88H67BrN2Si. The molecule has 4 heteroatoms. The van der Waals surface area contributed by atoms with E-state index in [0.29, 0.717) is 0 Å².